The van der Waals surface area contributed by atoms with Crippen LogP contribution < -0.4 is 10.6 Å². The lowest BCUT2D eigenvalue weighted by Crippen LogP contribution is -2.69. The Labute approximate surface area is 244 Å². The van der Waals surface area contributed by atoms with Gasteiger partial charge in [-0.05, 0) is 0 Å². The summed E-state index contributed by atoms with van der Waals surface area (Å²) >= 11 is 0. The minimum absolute atomic E-state index is 0.769. The fourth-order valence-corrected chi connectivity index (χ4v) is 4.38. The zero-order chi connectivity index (χ0) is 34.2. The van der Waals surface area contributed by atoms with Gasteiger partial charge in [0.1, 0.15) is 18.8 Å². The van der Waals surface area contributed by atoms with Crippen LogP contribution in [0, 0.1) is 0 Å². The molecular weight excluding hydrogens is 640 g/mol. The van der Waals surface area contributed by atoms with Crippen molar-refractivity contribution in [1.29, 1.82) is 0 Å². The van der Waals surface area contributed by atoms with Crippen LogP contribution in [0.15, 0.2) is 0 Å². The molecule has 2 amide bonds. The summed E-state index contributed by atoms with van der Waals surface area (Å²) in [7, 11) is -5.81. The molecule has 1 heterocycles. The van der Waals surface area contributed by atoms with Crippen molar-refractivity contribution in [2.24, 2.45) is 0 Å². The lowest BCUT2D eigenvalue weighted by Gasteiger charge is -2.48. The molecule has 0 aliphatic carbocycles. The number of aliphatic carboxylic acids is 1. The molecule has 0 saturated carbocycles. The van der Waals surface area contributed by atoms with Gasteiger partial charge in [-0.15, -0.1) is 0 Å². The summed E-state index contributed by atoms with van der Waals surface area (Å²) in [6, 6.07) is -2.01. The van der Waals surface area contributed by atoms with Crippen molar-refractivity contribution in [3.05, 3.63) is 0 Å². The molecule has 19 nitrogen and oxygen atoms in total. The second-order valence-corrected chi connectivity index (χ2v) is 10.0. The molecule has 1 aliphatic heterocycles. The van der Waals surface area contributed by atoms with Gasteiger partial charge in [0.05, 0.1) is 19.0 Å². The van der Waals surface area contributed by atoms with Crippen LogP contribution in [-0.4, -0.2) is 112 Å². The SMILES string of the molecule is CC(=O)OC[C@@H](OC(C)=O)[C@@H](OC(C)=O)C1O[C@](OP(=O)(O)O)(C(=O)O)C[C@H](OC(C)=O)[C@H]1NC(=O)CNC(=O)C(F)(F)F. The summed E-state index contributed by atoms with van der Waals surface area (Å²) in [5, 5.41) is 13.1. The first-order valence-corrected chi connectivity index (χ1v) is 13.5. The highest BCUT2D eigenvalue weighted by molar-refractivity contribution is 7.46. The number of esters is 4. The first-order chi connectivity index (χ1) is 20.0. The zero-order valence-corrected chi connectivity index (χ0v) is 24.0. The van der Waals surface area contributed by atoms with E-state index in [2.05, 4.69) is 4.52 Å². The number of carbonyl (C=O) groups excluding carboxylic acids is 6. The van der Waals surface area contributed by atoms with E-state index in [1.807, 2.05) is 5.32 Å². The van der Waals surface area contributed by atoms with E-state index in [9.17, 15) is 66.2 Å². The van der Waals surface area contributed by atoms with Gasteiger partial charge in [0.2, 0.25) is 5.91 Å². The summed E-state index contributed by atoms with van der Waals surface area (Å²) in [6.07, 6.45) is -15.2. The number of hydrogen-bond acceptors (Lipinski definition) is 14. The Hall–Kier alpha value is -3.85. The third kappa shape index (κ3) is 12.0. The van der Waals surface area contributed by atoms with Crippen LogP contribution in [0.2, 0.25) is 0 Å². The molecule has 0 bridgehead atoms. The predicted octanol–water partition coefficient (Wildman–Crippen LogP) is -1.81. The molecule has 23 heteroatoms. The van der Waals surface area contributed by atoms with E-state index >= 15 is 0 Å². The molecule has 1 aliphatic rings. The lowest BCUT2D eigenvalue weighted by atomic mass is 9.88. The molecule has 6 atom stereocenters. The van der Waals surface area contributed by atoms with Gasteiger partial charge in [-0.2, -0.15) is 13.2 Å². The van der Waals surface area contributed by atoms with Crippen LogP contribution in [-0.2, 0) is 66.3 Å². The van der Waals surface area contributed by atoms with Crippen LogP contribution in [0.3, 0.4) is 0 Å². The number of carboxylic acids is 1. The van der Waals surface area contributed by atoms with E-state index in [4.69, 9.17) is 23.7 Å². The number of carbonyl (C=O) groups is 7. The molecular formula is C21H28F3N2O17P. The van der Waals surface area contributed by atoms with E-state index in [0.717, 1.165) is 27.7 Å². The van der Waals surface area contributed by atoms with E-state index in [1.54, 1.807) is 0 Å². The topological polar surface area (TPSA) is 277 Å². The number of ether oxygens (including phenoxy) is 5. The molecule has 0 aromatic rings. The van der Waals surface area contributed by atoms with Gasteiger partial charge in [0, 0.05) is 27.7 Å². The number of rotatable bonds is 13. The number of nitrogens with one attached hydrogen (secondary N) is 2. The molecule has 0 radical (unpaired) electrons. The van der Waals surface area contributed by atoms with Crippen molar-refractivity contribution in [2.75, 3.05) is 13.2 Å². The lowest BCUT2D eigenvalue weighted by molar-refractivity contribution is -0.291. The van der Waals surface area contributed by atoms with Crippen molar-refractivity contribution in [1.82, 2.24) is 10.6 Å². The molecule has 1 rings (SSSR count). The minimum Gasteiger partial charge on any atom is -0.477 e. The van der Waals surface area contributed by atoms with Crippen LogP contribution in [0.25, 0.3) is 0 Å². The zero-order valence-electron chi connectivity index (χ0n) is 23.1. The normalized spacial score (nSPS) is 23.2. The van der Waals surface area contributed by atoms with Gasteiger partial charge in [0.15, 0.2) is 12.2 Å². The molecule has 1 saturated heterocycles. The van der Waals surface area contributed by atoms with Crippen molar-refractivity contribution in [3.8, 4) is 0 Å². The minimum atomic E-state index is -5.81. The maximum Gasteiger partial charge on any atom is 0.472 e. The number of phosphoric ester groups is 1. The smallest absolute Gasteiger partial charge is 0.472 e. The van der Waals surface area contributed by atoms with Crippen molar-refractivity contribution < 1.29 is 94.4 Å². The maximum absolute atomic E-state index is 12.6. The fourth-order valence-electron chi connectivity index (χ4n) is 3.80. The molecule has 1 unspecified atom stereocenters. The number of phosphoric acid groups is 1. The van der Waals surface area contributed by atoms with Crippen molar-refractivity contribution in [3.63, 3.8) is 0 Å². The first kappa shape index (κ1) is 38.2. The van der Waals surface area contributed by atoms with Gasteiger partial charge in [-0.1, -0.05) is 0 Å². The Kier molecular flexibility index (Phi) is 13.2. The van der Waals surface area contributed by atoms with E-state index in [0.29, 0.717) is 0 Å². The number of amides is 2. The standard InChI is InChI=1S/C21H28F3N2O17P/c1-8(27)38-7-13(40-10(3)29)16(41-11(4)30)17-15(26-14(31)6-25-18(32)21(22,23)24)12(39-9(2)28)5-20(42-17,19(33)34)43-44(35,36)37/h12-13,15-17H,5-7H2,1-4H3,(H,25,32)(H,26,31)(H,33,34)(H2,35,36,37)/t12-,13+,15+,16+,17?,20+/m0/s1. The van der Waals surface area contributed by atoms with Crippen LogP contribution in [0.1, 0.15) is 34.1 Å². The summed E-state index contributed by atoms with van der Waals surface area (Å²) in [5.74, 6) is -14.3. The molecule has 5 N–H and O–H groups in total. The second kappa shape index (κ2) is 15.2. The monoisotopic (exact) mass is 668 g/mol. The van der Waals surface area contributed by atoms with Crippen LogP contribution in [0.5, 0.6) is 0 Å². The summed E-state index contributed by atoms with van der Waals surface area (Å²) < 4.78 is 79.2. The summed E-state index contributed by atoms with van der Waals surface area (Å²) in [4.78, 5) is 102. The average molecular weight is 668 g/mol. The van der Waals surface area contributed by atoms with Crippen LogP contribution in [0.4, 0.5) is 13.2 Å². The maximum atomic E-state index is 12.6. The molecule has 0 aromatic heterocycles. The summed E-state index contributed by atoms with van der Waals surface area (Å²) in [6.45, 7) is 0.929. The van der Waals surface area contributed by atoms with E-state index in [-0.39, 0.29) is 0 Å². The Morgan fingerprint density at radius 3 is 1.98 bits per heavy atom. The Morgan fingerprint density at radius 1 is 0.977 bits per heavy atom. The Morgan fingerprint density at radius 2 is 1.55 bits per heavy atom. The molecule has 44 heavy (non-hydrogen) atoms. The van der Waals surface area contributed by atoms with Crippen LogP contribution >= 0.6 is 7.82 Å². The first-order valence-electron chi connectivity index (χ1n) is 11.9. The quantitative estimate of drug-likeness (QED) is 0.0821. The Bertz CT molecular complexity index is 1190. The van der Waals surface area contributed by atoms with Gasteiger partial charge in [-0.25, -0.2) is 13.9 Å². The summed E-state index contributed by atoms with van der Waals surface area (Å²) in [5.41, 5.74) is 0. The second-order valence-electron chi connectivity index (χ2n) is 8.87. The van der Waals surface area contributed by atoms with E-state index in [1.165, 1.54) is 5.32 Å². The Balaban J connectivity index is 3.85. The number of hydrogen-bond donors (Lipinski definition) is 5. The third-order valence-electron chi connectivity index (χ3n) is 5.22. The molecule has 250 valence electrons. The van der Waals surface area contributed by atoms with Crippen molar-refractivity contribution in [2.45, 2.75) is 76.5 Å². The largest absolute Gasteiger partial charge is 0.477 e. The third-order valence-corrected chi connectivity index (χ3v) is 5.75. The highest BCUT2D eigenvalue weighted by Gasteiger charge is 2.61. The number of carboxylic acid groups (broad SMARTS) is 1. The van der Waals surface area contributed by atoms with Gasteiger partial charge < -0.3 is 49.2 Å². The molecule has 1 fully saturated rings. The van der Waals surface area contributed by atoms with Crippen molar-refractivity contribution >= 4 is 49.5 Å². The number of halogens is 3. The highest BCUT2D eigenvalue weighted by Crippen LogP contribution is 2.47. The molecule has 0 aromatic carbocycles. The predicted molar refractivity (Wildman–Crippen MR) is 127 cm³/mol. The fraction of sp³-hybridized carbons (Fsp3) is 0.667. The van der Waals surface area contributed by atoms with Gasteiger partial charge in [-0.3, -0.25) is 28.8 Å². The van der Waals surface area contributed by atoms with E-state index < -0.39 is 111 Å². The van der Waals surface area contributed by atoms with Gasteiger partial charge >= 0.3 is 49.8 Å². The average Bonchev–Trinajstić information content (AvgIpc) is 2.82. The highest BCUT2D eigenvalue weighted by atomic mass is 31.2. The number of alkyl halides is 3. The molecule has 0 spiro atoms. The van der Waals surface area contributed by atoms with Gasteiger partial charge in [0.25, 0.3) is 5.79 Å².